The first-order valence-corrected chi connectivity index (χ1v) is 11.2. The molecule has 4 aromatic rings. The molecular formula is C25H25N7O. The van der Waals surface area contributed by atoms with E-state index in [4.69, 9.17) is 0 Å². The fraction of sp³-hybridized carbons (Fsp3) is 0.280. The summed E-state index contributed by atoms with van der Waals surface area (Å²) in [5.41, 5.74) is 8.03. The van der Waals surface area contributed by atoms with E-state index in [-0.39, 0.29) is 5.91 Å². The summed E-state index contributed by atoms with van der Waals surface area (Å²) in [6, 6.07) is 6.25. The van der Waals surface area contributed by atoms with Crippen LogP contribution in [0.1, 0.15) is 27.2 Å². The summed E-state index contributed by atoms with van der Waals surface area (Å²) >= 11 is 0. The number of likely N-dealkylation sites (N-methyl/N-ethyl adjacent to an activating group) is 1. The quantitative estimate of drug-likeness (QED) is 0.491. The molecule has 8 nitrogen and oxygen atoms in total. The van der Waals surface area contributed by atoms with Crippen molar-refractivity contribution in [2.24, 2.45) is 7.05 Å². The molecule has 1 fully saturated rings. The first kappa shape index (κ1) is 19.9. The molecule has 2 aliphatic rings. The van der Waals surface area contributed by atoms with Crippen molar-refractivity contribution in [2.75, 3.05) is 33.2 Å². The van der Waals surface area contributed by atoms with Gasteiger partial charge in [0.2, 0.25) is 0 Å². The van der Waals surface area contributed by atoms with Gasteiger partial charge in [-0.05, 0) is 36.4 Å². The highest BCUT2D eigenvalue weighted by Crippen LogP contribution is 2.34. The number of aromatic nitrogens is 5. The van der Waals surface area contributed by atoms with E-state index in [9.17, 15) is 4.79 Å². The van der Waals surface area contributed by atoms with E-state index in [1.165, 1.54) is 0 Å². The topological polar surface area (TPSA) is 71.6 Å². The van der Waals surface area contributed by atoms with Crippen molar-refractivity contribution in [1.29, 1.82) is 0 Å². The SMILES string of the molecule is CN1CCN(C(=O)c2cnc3c(c2)C(c2ccn4ncc(-c5cnn(C)c5)c4c2)=CC3)CC1. The fourth-order valence-electron chi connectivity index (χ4n) is 4.71. The summed E-state index contributed by atoms with van der Waals surface area (Å²) in [4.78, 5) is 21.9. The number of hydrogen-bond donors (Lipinski definition) is 0. The zero-order valence-electron chi connectivity index (χ0n) is 18.8. The second kappa shape index (κ2) is 7.67. The van der Waals surface area contributed by atoms with Gasteiger partial charge in [-0.15, -0.1) is 0 Å². The van der Waals surface area contributed by atoms with Gasteiger partial charge in [0, 0.05) is 74.9 Å². The van der Waals surface area contributed by atoms with E-state index in [0.717, 1.165) is 71.6 Å². The molecule has 0 atom stereocenters. The summed E-state index contributed by atoms with van der Waals surface area (Å²) in [7, 11) is 4.00. The average Bonchev–Trinajstić information content (AvgIpc) is 3.56. The van der Waals surface area contributed by atoms with Crippen LogP contribution in [-0.4, -0.2) is 73.3 Å². The summed E-state index contributed by atoms with van der Waals surface area (Å²) in [5, 5.41) is 8.80. The van der Waals surface area contributed by atoms with Gasteiger partial charge in [-0.25, -0.2) is 4.52 Å². The number of aryl methyl sites for hydroxylation is 1. The minimum atomic E-state index is 0.0646. The Balaban J connectivity index is 1.35. The number of allylic oxidation sites excluding steroid dienone is 1. The molecule has 0 unspecified atom stereocenters. The Morgan fingerprint density at radius 2 is 1.79 bits per heavy atom. The van der Waals surface area contributed by atoms with Crippen LogP contribution in [0.15, 0.2) is 55.3 Å². The number of carbonyl (C=O) groups is 1. The normalized spacial score (nSPS) is 16.3. The number of nitrogens with zero attached hydrogens (tertiary/aromatic N) is 7. The second-order valence-electron chi connectivity index (χ2n) is 8.84. The van der Waals surface area contributed by atoms with Gasteiger partial charge >= 0.3 is 0 Å². The number of carbonyl (C=O) groups excluding carboxylic acids is 1. The van der Waals surface area contributed by atoms with Gasteiger partial charge in [0.05, 0.1) is 29.2 Å². The van der Waals surface area contributed by atoms with Crippen molar-refractivity contribution >= 4 is 17.0 Å². The van der Waals surface area contributed by atoms with Crippen LogP contribution in [0.5, 0.6) is 0 Å². The second-order valence-corrected chi connectivity index (χ2v) is 8.84. The predicted octanol–water partition coefficient (Wildman–Crippen LogP) is 2.51. The molecule has 6 rings (SSSR count). The minimum Gasteiger partial charge on any atom is -0.336 e. The first-order chi connectivity index (χ1) is 16.1. The highest BCUT2D eigenvalue weighted by Gasteiger charge is 2.24. The van der Waals surface area contributed by atoms with Gasteiger partial charge in [0.15, 0.2) is 0 Å². The number of piperazine rings is 1. The van der Waals surface area contributed by atoms with E-state index in [0.29, 0.717) is 5.56 Å². The zero-order valence-corrected chi connectivity index (χ0v) is 18.8. The maximum atomic E-state index is 13.1. The Kier molecular flexibility index (Phi) is 4.62. The minimum absolute atomic E-state index is 0.0646. The molecule has 33 heavy (non-hydrogen) atoms. The molecule has 0 bridgehead atoms. The smallest absolute Gasteiger partial charge is 0.255 e. The zero-order chi connectivity index (χ0) is 22.5. The van der Waals surface area contributed by atoms with E-state index < -0.39 is 0 Å². The van der Waals surface area contributed by atoms with Crippen LogP contribution in [0.2, 0.25) is 0 Å². The van der Waals surface area contributed by atoms with Gasteiger partial charge in [-0.1, -0.05) is 6.08 Å². The highest BCUT2D eigenvalue weighted by atomic mass is 16.2. The molecule has 166 valence electrons. The molecule has 0 N–H and O–H groups in total. The number of amides is 1. The summed E-state index contributed by atoms with van der Waals surface area (Å²) < 4.78 is 3.68. The summed E-state index contributed by atoms with van der Waals surface area (Å²) in [5.74, 6) is 0.0646. The lowest BCUT2D eigenvalue weighted by Crippen LogP contribution is -2.47. The van der Waals surface area contributed by atoms with Gasteiger partial charge in [0.1, 0.15) is 0 Å². The molecule has 0 spiro atoms. The molecule has 4 aromatic heterocycles. The van der Waals surface area contributed by atoms with E-state index in [1.54, 1.807) is 10.9 Å². The largest absolute Gasteiger partial charge is 0.336 e. The van der Waals surface area contributed by atoms with E-state index in [2.05, 4.69) is 45.3 Å². The third kappa shape index (κ3) is 3.43. The number of pyridine rings is 2. The van der Waals surface area contributed by atoms with Crippen molar-refractivity contribution in [3.8, 4) is 11.1 Å². The summed E-state index contributed by atoms with van der Waals surface area (Å²) in [6.45, 7) is 3.31. The molecule has 0 aromatic carbocycles. The number of hydrogen-bond acceptors (Lipinski definition) is 5. The summed E-state index contributed by atoms with van der Waals surface area (Å²) in [6.07, 6.45) is 12.4. The average molecular weight is 440 g/mol. The Labute approximate surface area is 191 Å². The monoisotopic (exact) mass is 439 g/mol. The van der Waals surface area contributed by atoms with Crippen LogP contribution in [-0.2, 0) is 13.5 Å². The lowest BCUT2D eigenvalue weighted by Gasteiger charge is -2.32. The van der Waals surface area contributed by atoms with Crippen LogP contribution in [0.25, 0.3) is 22.2 Å². The standard InChI is InChI=1S/C25H25N7O/c1-29-7-9-31(10-8-29)25(33)18-11-21-20(3-4-23(21)26-13-18)17-5-6-32-24(12-17)22(15-28-32)19-14-27-30(2)16-19/h3,5-6,11-16H,4,7-10H2,1-2H3. The van der Waals surface area contributed by atoms with Crippen molar-refractivity contribution in [1.82, 2.24) is 34.2 Å². The van der Waals surface area contributed by atoms with Gasteiger partial charge < -0.3 is 9.80 Å². The van der Waals surface area contributed by atoms with Crippen molar-refractivity contribution in [2.45, 2.75) is 6.42 Å². The third-order valence-electron chi connectivity index (χ3n) is 6.65. The van der Waals surface area contributed by atoms with Crippen LogP contribution in [0, 0.1) is 0 Å². The van der Waals surface area contributed by atoms with Crippen LogP contribution in [0.4, 0.5) is 0 Å². The van der Waals surface area contributed by atoms with Crippen molar-refractivity contribution < 1.29 is 4.79 Å². The van der Waals surface area contributed by atoms with Crippen molar-refractivity contribution in [3.63, 3.8) is 0 Å². The molecule has 8 heteroatoms. The van der Waals surface area contributed by atoms with Gasteiger partial charge in [0.25, 0.3) is 5.91 Å². The molecule has 1 amide bonds. The van der Waals surface area contributed by atoms with Crippen molar-refractivity contribution in [3.05, 3.63) is 77.6 Å². The number of rotatable bonds is 3. The first-order valence-electron chi connectivity index (χ1n) is 11.2. The number of fused-ring (bicyclic) bond motifs is 2. The lowest BCUT2D eigenvalue weighted by molar-refractivity contribution is 0.0663. The highest BCUT2D eigenvalue weighted by molar-refractivity contribution is 5.96. The predicted molar refractivity (Wildman–Crippen MR) is 126 cm³/mol. The van der Waals surface area contributed by atoms with Gasteiger partial charge in [-0.2, -0.15) is 10.2 Å². The van der Waals surface area contributed by atoms with Crippen LogP contribution >= 0.6 is 0 Å². The molecule has 0 saturated carbocycles. The maximum absolute atomic E-state index is 13.1. The van der Waals surface area contributed by atoms with Crippen LogP contribution < -0.4 is 0 Å². The van der Waals surface area contributed by atoms with Gasteiger partial charge in [-0.3, -0.25) is 14.5 Å². The van der Waals surface area contributed by atoms with E-state index >= 15 is 0 Å². The molecule has 5 heterocycles. The lowest BCUT2D eigenvalue weighted by atomic mass is 9.99. The molecule has 1 aliphatic carbocycles. The van der Waals surface area contributed by atoms with Crippen LogP contribution in [0.3, 0.4) is 0 Å². The van der Waals surface area contributed by atoms with E-state index in [1.807, 2.05) is 47.3 Å². The third-order valence-corrected chi connectivity index (χ3v) is 6.65. The Morgan fingerprint density at radius 1 is 0.939 bits per heavy atom. The molecule has 1 aliphatic heterocycles. The molecule has 0 radical (unpaired) electrons. The fourth-order valence-corrected chi connectivity index (χ4v) is 4.71. The maximum Gasteiger partial charge on any atom is 0.255 e. The molecular weight excluding hydrogens is 414 g/mol. The Morgan fingerprint density at radius 3 is 2.58 bits per heavy atom. The Hall–Kier alpha value is -3.78. The molecule has 1 saturated heterocycles. The Bertz CT molecular complexity index is 1410.